The number of nitrogens with zero attached hydrogens (tertiary/aromatic N) is 3. The van der Waals surface area contributed by atoms with Crippen LogP contribution in [0.25, 0.3) is 65.8 Å². The SMILES string of the molecule is Cc1ccc(-c2[c-]cccc2)nc1.Cc1cccc(C)c1-c1cc(-c2[c-]ccc3c2oc2c3ccc3sc(C(C)(C)C)nc32)ncc1CC(C)(C)C.[Ir]. The normalized spacial score (nSPS) is 11.8. The number of furan rings is 1. The second kappa shape index (κ2) is 15.1. The van der Waals surface area contributed by atoms with Crippen molar-refractivity contribution >= 4 is 43.5 Å². The van der Waals surface area contributed by atoms with E-state index in [1.54, 1.807) is 11.3 Å². The minimum atomic E-state index is -0.0101. The number of rotatable bonds is 4. The molecule has 8 rings (SSSR count). The van der Waals surface area contributed by atoms with E-state index in [1.807, 2.05) is 49.5 Å². The molecule has 8 aromatic rings. The topological polar surface area (TPSA) is 51.8 Å². The standard InChI is InChI=1S/C35H35N2OS.C12H10N.Ir/c1-20-11-9-12-21(2)29(20)26-17-27(36-19-22(26)18-34(3,4)5)25-14-10-13-23-24-15-16-28-30(32(24)38-31(23)25)37-33(39-28)35(6,7)8;1-10-7-8-12(13-9-10)11-5-3-2-4-6-11;/h9-13,15-17,19H,18H2,1-8H3;2-5,7-9H,1H3;/q2*-1;. The van der Waals surface area contributed by atoms with E-state index < -0.39 is 0 Å². The van der Waals surface area contributed by atoms with Crippen molar-refractivity contribution in [2.45, 2.75) is 74.1 Å². The fourth-order valence-electron chi connectivity index (χ4n) is 6.69. The molecule has 4 nitrogen and oxygen atoms in total. The number of hydrogen-bond acceptors (Lipinski definition) is 5. The van der Waals surface area contributed by atoms with Gasteiger partial charge in [0.15, 0.2) is 0 Å². The van der Waals surface area contributed by atoms with E-state index in [0.717, 1.165) is 66.1 Å². The molecule has 1 radical (unpaired) electrons. The zero-order chi connectivity index (χ0) is 36.8. The molecule has 0 fully saturated rings. The Morgan fingerprint density at radius 2 is 1.45 bits per heavy atom. The van der Waals surface area contributed by atoms with Crippen LogP contribution in [-0.2, 0) is 31.9 Å². The zero-order valence-corrected chi connectivity index (χ0v) is 35.1. The summed E-state index contributed by atoms with van der Waals surface area (Å²) in [5.74, 6) is 0. The van der Waals surface area contributed by atoms with Gasteiger partial charge in [0.05, 0.1) is 15.3 Å². The fraction of sp³-hybridized carbons (Fsp3) is 0.255. The van der Waals surface area contributed by atoms with Crippen molar-refractivity contribution in [1.29, 1.82) is 0 Å². The second-order valence-electron chi connectivity index (χ2n) is 16.0. The largest absolute Gasteiger partial charge is 0.498 e. The van der Waals surface area contributed by atoms with Gasteiger partial charge in [-0.15, -0.1) is 65.4 Å². The maximum absolute atomic E-state index is 6.65. The Labute approximate surface area is 331 Å². The average Bonchev–Trinajstić information content (AvgIpc) is 3.72. The summed E-state index contributed by atoms with van der Waals surface area (Å²) in [6.07, 6.45) is 4.88. The molecule has 4 aromatic heterocycles. The predicted molar refractivity (Wildman–Crippen MR) is 219 cm³/mol. The average molecular weight is 892 g/mol. The molecule has 0 saturated carbocycles. The van der Waals surface area contributed by atoms with Crippen LogP contribution >= 0.6 is 11.3 Å². The van der Waals surface area contributed by atoms with E-state index in [0.29, 0.717) is 0 Å². The van der Waals surface area contributed by atoms with Crippen molar-refractivity contribution in [3.63, 3.8) is 0 Å². The van der Waals surface area contributed by atoms with E-state index in [9.17, 15) is 0 Å². The first kappa shape index (κ1) is 38.3. The Bertz CT molecular complexity index is 2520. The molecule has 0 bridgehead atoms. The van der Waals surface area contributed by atoms with Crippen LogP contribution in [0.5, 0.6) is 0 Å². The van der Waals surface area contributed by atoms with Gasteiger partial charge in [-0.25, -0.2) is 4.98 Å². The minimum Gasteiger partial charge on any atom is -0.498 e. The third kappa shape index (κ3) is 8.06. The summed E-state index contributed by atoms with van der Waals surface area (Å²) >= 11 is 1.75. The van der Waals surface area contributed by atoms with Crippen LogP contribution in [0.2, 0.25) is 0 Å². The van der Waals surface area contributed by atoms with Crippen molar-refractivity contribution in [3.8, 4) is 33.6 Å². The maximum Gasteiger partial charge on any atom is 0.148 e. The Morgan fingerprint density at radius 3 is 2.11 bits per heavy atom. The summed E-state index contributed by atoms with van der Waals surface area (Å²) in [4.78, 5) is 14.3. The Hall–Kier alpha value is -4.48. The Balaban J connectivity index is 0.000000289. The van der Waals surface area contributed by atoms with Gasteiger partial charge in [-0.2, -0.15) is 0 Å². The van der Waals surface area contributed by atoms with Gasteiger partial charge in [-0.05, 0) is 83.4 Å². The summed E-state index contributed by atoms with van der Waals surface area (Å²) in [6.45, 7) is 19.9. The summed E-state index contributed by atoms with van der Waals surface area (Å²) in [5, 5.41) is 3.27. The van der Waals surface area contributed by atoms with Gasteiger partial charge in [0.1, 0.15) is 11.1 Å². The molecule has 0 atom stereocenters. The van der Waals surface area contributed by atoms with Gasteiger partial charge in [0.2, 0.25) is 0 Å². The van der Waals surface area contributed by atoms with Gasteiger partial charge in [-0.3, -0.25) is 0 Å². The smallest absolute Gasteiger partial charge is 0.148 e. The van der Waals surface area contributed by atoms with Crippen molar-refractivity contribution < 1.29 is 24.5 Å². The molecule has 0 saturated heterocycles. The molecular formula is C47H45IrN3OS-2. The molecule has 0 unspecified atom stereocenters. The molecule has 0 spiro atoms. The summed E-state index contributed by atoms with van der Waals surface area (Å²) in [5.41, 5.74) is 14.0. The third-order valence-electron chi connectivity index (χ3n) is 9.21. The maximum atomic E-state index is 6.65. The first-order chi connectivity index (χ1) is 24.8. The first-order valence-corrected chi connectivity index (χ1v) is 18.7. The molecule has 0 amide bonds. The van der Waals surface area contributed by atoms with Crippen LogP contribution in [0.1, 0.15) is 68.8 Å². The van der Waals surface area contributed by atoms with Crippen LogP contribution in [-0.4, -0.2) is 15.0 Å². The molecule has 4 aromatic carbocycles. The summed E-state index contributed by atoms with van der Waals surface area (Å²) in [7, 11) is 0. The number of aryl methyl sites for hydroxylation is 3. The van der Waals surface area contributed by atoms with Crippen LogP contribution in [0.4, 0.5) is 0 Å². The molecule has 4 heterocycles. The van der Waals surface area contributed by atoms with E-state index in [2.05, 4.69) is 127 Å². The number of benzene rings is 4. The quantitative estimate of drug-likeness (QED) is 0.165. The molecule has 271 valence electrons. The van der Waals surface area contributed by atoms with E-state index in [1.165, 1.54) is 33.4 Å². The Morgan fingerprint density at radius 1 is 0.717 bits per heavy atom. The number of pyridine rings is 2. The summed E-state index contributed by atoms with van der Waals surface area (Å²) < 4.78 is 7.81. The Kier molecular flexibility index (Phi) is 10.9. The number of fused-ring (bicyclic) bond motifs is 5. The van der Waals surface area contributed by atoms with Crippen molar-refractivity contribution in [1.82, 2.24) is 15.0 Å². The van der Waals surface area contributed by atoms with Crippen LogP contribution in [0.3, 0.4) is 0 Å². The molecular weight excluding hydrogens is 847 g/mol. The second-order valence-corrected chi connectivity index (χ2v) is 17.0. The molecule has 0 aliphatic carbocycles. The van der Waals surface area contributed by atoms with E-state index in [4.69, 9.17) is 14.4 Å². The fourth-order valence-corrected chi connectivity index (χ4v) is 7.71. The van der Waals surface area contributed by atoms with Gasteiger partial charge in [0, 0.05) is 43.3 Å². The zero-order valence-electron chi connectivity index (χ0n) is 31.9. The molecule has 6 heteroatoms. The number of thiazole rings is 1. The molecule has 0 aliphatic heterocycles. The third-order valence-corrected chi connectivity index (χ3v) is 10.7. The molecule has 0 N–H and O–H groups in total. The predicted octanol–water partition coefficient (Wildman–Crippen LogP) is 13.1. The van der Waals surface area contributed by atoms with Gasteiger partial charge >= 0.3 is 0 Å². The van der Waals surface area contributed by atoms with Gasteiger partial charge < -0.3 is 14.4 Å². The monoisotopic (exact) mass is 892 g/mol. The van der Waals surface area contributed by atoms with Crippen LogP contribution in [0, 0.1) is 38.3 Å². The molecule has 53 heavy (non-hydrogen) atoms. The van der Waals surface area contributed by atoms with Gasteiger partial charge in [0.25, 0.3) is 0 Å². The summed E-state index contributed by atoms with van der Waals surface area (Å²) in [6, 6.07) is 35.7. The van der Waals surface area contributed by atoms with Crippen molar-refractivity contribution in [2.75, 3.05) is 0 Å². The van der Waals surface area contributed by atoms with Crippen molar-refractivity contribution in [2.24, 2.45) is 5.41 Å². The van der Waals surface area contributed by atoms with Gasteiger partial charge in [-0.1, -0.05) is 95.0 Å². The van der Waals surface area contributed by atoms with Crippen LogP contribution < -0.4 is 0 Å². The van der Waals surface area contributed by atoms with E-state index in [-0.39, 0.29) is 30.9 Å². The molecule has 0 aliphatic rings. The first-order valence-electron chi connectivity index (χ1n) is 17.9. The number of aromatic nitrogens is 3. The number of hydrogen-bond donors (Lipinski definition) is 0. The minimum absolute atomic E-state index is 0. The van der Waals surface area contributed by atoms with E-state index >= 15 is 0 Å². The van der Waals surface area contributed by atoms with Crippen molar-refractivity contribution in [3.05, 3.63) is 137 Å². The van der Waals surface area contributed by atoms with Crippen LogP contribution in [0.15, 0.2) is 102 Å².